The lowest BCUT2D eigenvalue weighted by Crippen LogP contribution is -2.64. The third kappa shape index (κ3) is 2.69. The number of halogens is 1. The van der Waals surface area contributed by atoms with Gasteiger partial charge in [0.2, 0.25) is 0 Å². The van der Waals surface area contributed by atoms with Gasteiger partial charge >= 0.3 is 0 Å². The fraction of sp³-hybridized carbons (Fsp3) is 0.647. The Hall–Kier alpha value is -1.09. The largest absolute Gasteiger partial charge is 0.366 e. The van der Waals surface area contributed by atoms with Gasteiger partial charge in [-0.2, -0.15) is 0 Å². The lowest BCUT2D eigenvalue weighted by atomic mass is 9.79. The normalized spacial score (nSPS) is 25.9. The van der Waals surface area contributed by atoms with Crippen molar-refractivity contribution in [2.75, 3.05) is 18.0 Å². The second-order valence-corrected chi connectivity index (χ2v) is 6.69. The van der Waals surface area contributed by atoms with Crippen molar-refractivity contribution in [1.29, 1.82) is 0 Å². The molecular formula is C17H25FN2. The van der Waals surface area contributed by atoms with Crippen molar-refractivity contribution in [3.63, 3.8) is 0 Å². The molecule has 1 saturated heterocycles. The highest BCUT2D eigenvalue weighted by atomic mass is 19.1. The van der Waals surface area contributed by atoms with Crippen molar-refractivity contribution in [2.24, 2.45) is 0 Å². The number of hydrogen-bond donors (Lipinski definition) is 1. The summed E-state index contributed by atoms with van der Waals surface area (Å²) in [5.74, 6) is -0.122. The number of aryl methyl sites for hydroxylation is 1. The molecule has 1 heterocycles. The molecule has 1 spiro atoms. The fourth-order valence-corrected chi connectivity index (χ4v) is 3.80. The van der Waals surface area contributed by atoms with Gasteiger partial charge in [0.15, 0.2) is 0 Å². The molecule has 0 bridgehead atoms. The second-order valence-electron chi connectivity index (χ2n) is 6.69. The molecule has 2 aliphatic rings. The maximum absolute atomic E-state index is 13.7. The van der Waals surface area contributed by atoms with E-state index in [1.54, 1.807) is 12.1 Å². The van der Waals surface area contributed by atoms with Crippen molar-refractivity contribution in [2.45, 2.75) is 57.5 Å². The van der Waals surface area contributed by atoms with Gasteiger partial charge in [-0.15, -0.1) is 0 Å². The molecule has 1 saturated carbocycles. The lowest BCUT2D eigenvalue weighted by Gasteiger charge is -2.50. The van der Waals surface area contributed by atoms with Crippen LogP contribution in [0, 0.1) is 12.7 Å². The molecule has 110 valence electrons. The molecule has 1 aliphatic carbocycles. The van der Waals surface area contributed by atoms with Crippen LogP contribution in [0.5, 0.6) is 0 Å². The molecular weight excluding hydrogens is 251 g/mol. The van der Waals surface area contributed by atoms with Crippen LogP contribution in [0.1, 0.15) is 44.6 Å². The number of anilines is 1. The average Bonchev–Trinajstić information content (AvgIpc) is 2.42. The average molecular weight is 276 g/mol. The Morgan fingerprint density at radius 2 is 1.95 bits per heavy atom. The van der Waals surface area contributed by atoms with E-state index in [1.807, 2.05) is 6.92 Å². The summed E-state index contributed by atoms with van der Waals surface area (Å²) < 4.78 is 13.7. The predicted octanol–water partition coefficient (Wildman–Crippen LogP) is 3.64. The molecule has 0 radical (unpaired) electrons. The van der Waals surface area contributed by atoms with Gasteiger partial charge in [-0.1, -0.05) is 19.3 Å². The van der Waals surface area contributed by atoms with E-state index in [0.717, 1.165) is 24.3 Å². The van der Waals surface area contributed by atoms with Crippen LogP contribution >= 0.6 is 0 Å². The van der Waals surface area contributed by atoms with E-state index in [2.05, 4.69) is 23.2 Å². The summed E-state index contributed by atoms with van der Waals surface area (Å²) >= 11 is 0. The highest BCUT2D eigenvalue weighted by Gasteiger charge is 2.38. The van der Waals surface area contributed by atoms with Gasteiger partial charge in [-0.25, -0.2) is 4.39 Å². The molecule has 1 aromatic rings. The molecule has 20 heavy (non-hydrogen) atoms. The van der Waals surface area contributed by atoms with E-state index in [-0.39, 0.29) is 11.4 Å². The van der Waals surface area contributed by atoms with Crippen LogP contribution in [-0.2, 0) is 0 Å². The summed E-state index contributed by atoms with van der Waals surface area (Å²) in [4.78, 5) is 2.40. The fourth-order valence-electron chi connectivity index (χ4n) is 3.80. The number of rotatable bonds is 1. The number of benzene rings is 1. The Morgan fingerprint density at radius 1 is 1.20 bits per heavy atom. The molecule has 1 aromatic carbocycles. The predicted molar refractivity (Wildman–Crippen MR) is 81.8 cm³/mol. The third-order valence-electron chi connectivity index (χ3n) is 4.95. The molecule has 3 heteroatoms. The van der Waals surface area contributed by atoms with Crippen molar-refractivity contribution in [1.82, 2.24) is 5.32 Å². The second kappa shape index (κ2) is 5.36. The van der Waals surface area contributed by atoms with Crippen molar-refractivity contribution in [3.05, 3.63) is 29.6 Å². The Balaban J connectivity index is 1.86. The van der Waals surface area contributed by atoms with Gasteiger partial charge in [0.1, 0.15) is 5.82 Å². The minimum absolute atomic E-state index is 0.122. The first kappa shape index (κ1) is 13.9. The van der Waals surface area contributed by atoms with Gasteiger partial charge in [-0.3, -0.25) is 0 Å². The Morgan fingerprint density at radius 3 is 2.65 bits per heavy atom. The molecule has 1 N–H and O–H groups in total. The van der Waals surface area contributed by atoms with Crippen LogP contribution in [0.15, 0.2) is 18.2 Å². The highest BCUT2D eigenvalue weighted by molar-refractivity contribution is 5.51. The Labute approximate surface area is 121 Å². The van der Waals surface area contributed by atoms with Gasteiger partial charge in [0.05, 0.1) is 0 Å². The van der Waals surface area contributed by atoms with E-state index in [1.165, 1.54) is 32.1 Å². The molecule has 2 nitrogen and oxygen atoms in total. The van der Waals surface area contributed by atoms with E-state index >= 15 is 0 Å². The van der Waals surface area contributed by atoms with E-state index in [4.69, 9.17) is 0 Å². The highest BCUT2D eigenvalue weighted by Crippen LogP contribution is 2.34. The van der Waals surface area contributed by atoms with Gasteiger partial charge in [0.25, 0.3) is 0 Å². The SMILES string of the molecule is Cc1cc(F)cc(N2CC3(CCCCC3)NCC2C)c1. The number of nitrogens with one attached hydrogen (secondary N) is 1. The first-order valence-corrected chi connectivity index (χ1v) is 7.87. The summed E-state index contributed by atoms with van der Waals surface area (Å²) in [7, 11) is 0. The van der Waals surface area contributed by atoms with Gasteiger partial charge in [0, 0.05) is 30.4 Å². The zero-order valence-corrected chi connectivity index (χ0v) is 12.6. The molecule has 1 unspecified atom stereocenters. The van der Waals surface area contributed by atoms with Crippen molar-refractivity contribution in [3.8, 4) is 0 Å². The third-order valence-corrected chi connectivity index (χ3v) is 4.95. The topological polar surface area (TPSA) is 15.3 Å². The first-order chi connectivity index (χ1) is 9.58. The van der Waals surface area contributed by atoms with Crippen LogP contribution < -0.4 is 10.2 Å². The molecule has 1 atom stereocenters. The quantitative estimate of drug-likeness (QED) is 0.842. The standard InChI is InChI=1S/C17H25FN2/c1-13-8-15(18)10-16(9-13)20-12-17(19-11-14(20)2)6-4-3-5-7-17/h8-10,14,19H,3-7,11-12H2,1-2H3. The molecule has 3 rings (SSSR count). The Kier molecular flexibility index (Phi) is 3.72. The van der Waals surface area contributed by atoms with Crippen molar-refractivity contribution < 1.29 is 4.39 Å². The monoisotopic (exact) mass is 276 g/mol. The maximum atomic E-state index is 13.7. The summed E-state index contributed by atoms with van der Waals surface area (Å²) in [5, 5.41) is 3.78. The van der Waals surface area contributed by atoms with Crippen molar-refractivity contribution >= 4 is 5.69 Å². The maximum Gasteiger partial charge on any atom is 0.125 e. The number of piperazine rings is 1. The van der Waals surface area contributed by atoms with E-state index in [9.17, 15) is 4.39 Å². The number of nitrogens with zero attached hydrogens (tertiary/aromatic N) is 1. The Bertz CT molecular complexity index is 460. The first-order valence-electron chi connectivity index (χ1n) is 7.87. The summed E-state index contributed by atoms with van der Waals surface area (Å²) in [5.41, 5.74) is 2.30. The van der Waals surface area contributed by atoms with Crippen LogP contribution in [0.3, 0.4) is 0 Å². The molecule has 2 fully saturated rings. The molecule has 1 aliphatic heterocycles. The lowest BCUT2D eigenvalue weighted by molar-refractivity contribution is 0.200. The smallest absolute Gasteiger partial charge is 0.125 e. The van der Waals surface area contributed by atoms with Crippen LogP contribution in [-0.4, -0.2) is 24.7 Å². The van der Waals surface area contributed by atoms with Crippen LogP contribution in [0.4, 0.5) is 10.1 Å². The zero-order chi connectivity index (χ0) is 14.2. The molecule has 0 aromatic heterocycles. The minimum Gasteiger partial charge on any atom is -0.366 e. The summed E-state index contributed by atoms with van der Waals surface area (Å²) in [6.07, 6.45) is 6.50. The minimum atomic E-state index is -0.122. The van der Waals surface area contributed by atoms with E-state index < -0.39 is 0 Å². The zero-order valence-electron chi connectivity index (χ0n) is 12.6. The molecule has 0 amide bonds. The van der Waals surface area contributed by atoms with Gasteiger partial charge in [-0.05, 0) is 50.5 Å². The summed E-state index contributed by atoms with van der Waals surface area (Å²) in [6, 6.07) is 5.82. The van der Waals surface area contributed by atoms with Crippen LogP contribution in [0.2, 0.25) is 0 Å². The van der Waals surface area contributed by atoms with Crippen LogP contribution in [0.25, 0.3) is 0 Å². The van der Waals surface area contributed by atoms with E-state index in [0.29, 0.717) is 6.04 Å². The summed E-state index contributed by atoms with van der Waals surface area (Å²) in [6.45, 7) is 6.20. The number of hydrogen-bond acceptors (Lipinski definition) is 2. The van der Waals surface area contributed by atoms with Gasteiger partial charge < -0.3 is 10.2 Å².